The van der Waals surface area contributed by atoms with E-state index in [-0.39, 0.29) is 17.9 Å². The molecule has 4 aliphatic carbocycles. The van der Waals surface area contributed by atoms with Crippen LogP contribution in [0.3, 0.4) is 0 Å². The van der Waals surface area contributed by atoms with Crippen LogP contribution in [0, 0.1) is 47.8 Å². The number of rotatable bonds is 6. The maximum Gasteiger partial charge on any atom is 0.159 e. The Morgan fingerprint density at radius 1 is 1.06 bits per heavy atom. The standard InChI is InChI=1S/C30H43N3O3/c1-4-36-18-30(35)14-12-21-20(16-30)6-7-23-22(21)11-13-29(3)24(23)8-9-25(29)28(34)17-33-31-26-10-5-19(2)15-27(26)32-33/h5,10,15,20-25,35H,4,6-9,11-14,16-18H2,1-3H3/t20-,21-,22+,23+,24-,25+,29-,30+/m0/s1. The number of aryl methyl sites for hydroxylation is 1. The molecule has 0 bridgehead atoms. The molecule has 0 amide bonds. The van der Waals surface area contributed by atoms with Crippen molar-refractivity contribution in [1.29, 1.82) is 0 Å². The van der Waals surface area contributed by atoms with Crippen molar-refractivity contribution in [3.8, 4) is 0 Å². The number of ketones is 1. The lowest BCUT2D eigenvalue weighted by Crippen LogP contribution is -2.52. The van der Waals surface area contributed by atoms with E-state index in [0.29, 0.717) is 30.8 Å². The van der Waals surface area contributed by atoms with Crippen molar-refractivity contribution in [2.45, 2.75) is 90.7 Å². The predicted molar refractivity (Wildman–Crippen MR) is 139 cm³/mol. The number of fused-ring (bicyclic) bond motifs is 6. The Bertz CT molecular complexity index is 1130. The zero-order valence-electron chi connectivity index (χ0n) is 22.3. The lowest BCUT2D eigenvalue weighted by atomic mass is 9.49. The molecule has 1 heterocycles. The molecule has 0 spiro atoms. The molecule has 1 aromatic heterocycles. The van der Waals surface area contributed by atoms with Crippen molar-refractivity contribution in [2.75, 3.05) is 13.2 Å². The minimum atomic E-state index is -0.623. The van der Waals surface area contributed by atoms with Crippen molar-refractivity contribution in [1.82, 2.24) is 15.0 Å². The van der Waals surface area contributed by atoms with E-state index in [2.05, 4.69) is 24.0 Å². The second-order valence-corrected chi connectivity index (χ2v) is 12.9. The van der Waals surface area contributed by atoms with Gasteiger partial charge < -0.3 is 9.84 Å². The number of aliphatic hydroxyl groups is 1. The molecule has 1 aromatic carbocycles. The van der Waals surface area contributed by atoms with Crippen LogP contribution in [0.25, 0.3) is 11.0 Å². The summed E-state index contributed by atoms with van der Waals surface area (Å²) in [5.41, 5.74) is 2.38. The van der Waals surface area contributed by atoms with Gasteiger partial charge in [0, 0.05) is 12.5 Å². The van der Waals surface area contributed by atoms with Gasteiger partial charge in [-0.2, -0.15) is 15.0 Å². The largest absolute Gasteiger partial charge is 0.387 e. The highest BCUT2D eigenvalue weighted by Crippen LogP contribution is 2.64. The molecule has 6 nitrogen and oxygen atoms in total. The van der Waals surface area contributed by atoms with Gasteiger partial charge in [-0.3, -0.25) is 4.79 Å². The number of ether oxygens (including phenoxy) is 1. The van der Waals surface area contributed by atoms with Crippen LogP contribution < -0.4 is 0 Å². The molecule has 2 aromatic rings. The lowest BCUT2D eigenvalue weighted by Gasteiger charge is -2.57. The van der Waals surface area contributed by atoms with Crippen molar-refractivity contribution in [2.24, 2.45) is 40.9 Å². The first-order valence-corrected chi connectivity index (χ1v) is 14.4. The third-order valence-electron chi connectivity index (χ3n) is 10.9. The molecule has 6 heteroatoms. The summed E-state index contributed by atoms with van der Waals surface area (Å²) in [6, 6.07) is 6.08. The minimum Gasteiger partial charge on any atom is -0.387 e. The zero-order valence-corrected chi connectivity index (χ0v) is 22.3. The van der Waals surface area contributed by atoms with Crippen molar-refractivity contribution in [3.05, 3.63) is 23.8 Å². The highest BCUT2D eigenvalue weighted by molar-refractivity contribution is 5.82. The monoisotopic (exact) mass is 493 g/mol. The summed E-state index contributed by atoms with van der Waals surface area (Å²) in [5.74, 6) is 4.00. The molecule has 4 aliphatic rings. The molecule has 0 aliphatic heterocycles. The Labute approximate surface area is 215 Å². The fourth-order valence-electron chi connectivity index (χ4n) is 9.30. The summed E-state index contributed by atoms with van der Waals surface area (Å²) < 4.78 is 5.64. The van der Waals surface area contributed by atoms with Gasteiger partial charge in [-0.15, -0.1) is 0 Å². The van der Waals surface area contributed by atoms with E-state index >= 15 is 0 Å². The Morgan fingerprint density at radius 2 is 1.86 bits per heavy atom. The first-order valence-electron chi connectivity index (χ1n) is 14.4. The fourth-order valence-corrected chi connectivity index (χ4v) is 9.30. The van der Waals surface area contributed by atoms with Crippen LogP contribution >= 0.6 is 0 Å². The quantitative estimate of drug-likeness (QED) is 0.587. The van der Waals surface area contributed by atoms with Gasteiger partial charge in [0.05, 0.1) is 12.2 Å². The molecule has 1 N–H and O–H groups in total. The van der Waals surface area contributed by atoms with Crippen molar-refractivity contribution in [3.63, 3.8) is 0 Å². The lowest BCUT2D eigenvalue weighted by molar-refractivity contribution is -0.138. The van der Waals surface area contributed by atoms with Gasteiger partial charge in [0.1, 0.15) is 17.6 Å². The van der Waals surface area contributed by atoms with E-state index in [4.69, 9.17) is 4.74 Å². The van der Waals surface area contributed by atoms with Crippen LogP contribution in [-0.2, 0) is 16.1 Å². The average Bonchev–Trinajstić information content (AvgIpc) is 3.41. The second kappa shape index (κ2) is 9.20. The maximum absolute atomic E-state index is 13.6. The molecule has 8 atom stereocenters. The van der Waals surface area contributed by atoms with Crippen LogP contribution in [0.4, 0.5) is 0 Å². The Kier molecular flexibility index (Phi) is 6.27. The van der Waals surface area contributed by atoms with Crippen LogP contribution in [0.15, 0.2) is 18.2 Å². The van der Waals surface area contributed by atoms with Crippen LogP contribution in [0.2, 0.25) is 0 Å². The highest BCUT2D eigenvalue weighted by atomic mass is 16.5. The molecule has 0 saturated heterocycles. The molecule has 4 fully saturated rings. The highest BCUT2D eigenvalue weighted by Gasteiger charge is 2.59. The van der Waals surface area contributed by atoms with E-state index in [1.807, 2.05) is 25.1 Å². The van der Waals surface area contributed by atoms with Crippen molar-refractivity contribution >= 4 is 16.8 Å². The summed E-state index contributed by atoms with van der Waals surface area (Å²) >= 11 is 0. The summed E-state index contributed by atoms with van der Waals surface area (Å²) in [4.78, 5) is 15.3. The number of hydrogen-bond acceptors (Lipinski definition) is 5. The topological polar surface area (TPSA) is 77.2 Å². The van der Waals surface area contributed by atoms with E-state index in [0.717, 1.165) is 66.5 Å². The number of benzene rings is 1. The minimum absolute atomic E-state index is 0.110. The third-order valence-corrected chi connectivity index (χ3v) is 10.9. The number of Topliss-reactive ketones (excluding diaryl/α,β-unsaturated/α-hetero) is 1. The zero-order chi connectivity index (χ0) is 25.1. The SMILES string of the molecule is CCOC[C@@]1(O)CC[C@H]2[C@@H](CC[C@@H]3[C@@H]2CC[C@]2(C)[C@@H](C(=O)Cn4nc5ccc(C)cc5n4)CC[C@@H]32)C1. The van der Waals surface area contributed by atoms with Crippen LogP contribution in [0.5, 0.6) is 0 Å². The first-order chi connectivity index (χ1) is 17.3. The second-order valence-electron chi connectivity index (χ2n) is 12.9. The Morgan fingerprint density at radius 3 is 2.69 bits per heavy atom. The number of carbonyl (C=O) groups is 1. The summed E-state index contributed by atoms with van der Waals surface area (Å²) in [6.45, 7) is 7.94. The van der Waals surface area contributed by atoms with Gasteiger partial charge in [0.2, 0.25) is 0 Å². The summed E-state index contributed by atoms with van der Waals surface area (Å²) in [6.07, 6.45) is 10.0. The average molecular weight is 494 g/mol. The smallest absolute Gasteiger partial charge is 0.159 e. The Hall–Kier alpha value is -1.79. The Balaban J connectivity index is 1.14. The maximum atomic E-state index is 13.6. The first kappa shape index (κ1) is 24.5. The molecule has 6 rings (SSSR count). The summed E-state index contributed by atoms with van der Waals surface area (Å²) in [5, 5.41) is 20.3. The van der Waals surface area contributed by atoms with Gasteiger partial charge in [0.25, 0.3) is 0 Å². The number of nitrogens with zero attached hydrogens (tertiary/aromatic N) is 3. The van der Waals surface area contributed by atoms with Gasteiger partial charge in [-0.25, -0.2) is 0 Å². The molecule has 36 heavy (non-hydrogen) atoms. The normalized spacial score (nSPS) is 40.0. The number of carbonyl (C=O) groups excluding carboxylic acids is 1. The van der Waals surface area contributed by atoms with Crippen molar-refractivity contribution < 1.29 is 14.6 Å². The van der Waals surface area contributed by atoms with Gasteiger partial charge in [0.15, 0.2) is 5.78 Å². The van der Waals surface area contributed by atoms with E-state index < -0.39 is 5.60 Å². The van der Waals surface area contributed by atoms with E-state index in [9.17, 15) is 9.90 Å². The fraction of sp³-hybridized carbons (Fsp3) is 0.767. The van der Waals surface area contributed by atoms with Gasteiger partial charge in [-0.05, 0) is 124 Å². The summed E-state index contributed by atoms with van der Waals surface area (Å²) in [7, 11) is 0. The van der Waals surface area contributed by atoms with Gasteiger partial charge in [-0.1, -0.05) is 13.0 Å². The predicted octanol–water partition coefficient (Wildman–Crippen LogP) is 5.35. The van der Waals surface area contributed by atoms with Gasteiger partial charge >= 0.3 is 0 Å². The van der Waals surface area contributed by atoms with E-state index in [1.54, 1.807) is 4.80 Å². The molecule has 196 valence electrons. The van der Waals surface area contributed by atoms with Crippen LogP contribution in [0.1, 0.15) is 77.2 Å². The molecule has 4 saturated carbocycles. The number of aromatic nitrogens is 3. The molecule has 0 unspecified atom stereocenters. The molecular weight excluding hydrogens is 450 g/mol. The molecular formula is C30H43N3O3. The van der Waals surface area contributed by atoms with E-state index in [1.165, 1.54) is 25.7 Å². The number of hydrogen-bond donors (Lipinski definition) is 1. The third kappa shape index (κ3) is 4.13. The molecule has 0 radical (unpaired) electrons. The van der Waals surface area contributed by atoms with Crippen LogP contribution in [-0.4, -0.2) is 44.7 Å².